The molecule has 0 saturated heterocycles. The lowest BCUT2D eigenvalue weighted by Gasteiger charge is -2.22. The third-order valence-corrected chi connectivity index (χ3v) is 6.28. The van der Waals surface area contributed by atoms with Crippen LogP contribution in [0.15, 0.2) is 60.8 Å². The second kappa shape index (κ2) is 10.6. The van der Waals surface area contributed by atoms with Gasteiger partial charge in [0, 0.05) is 42.0 Å². The predicted molar refractivity (Wildman–Crippen MR) is 138 cm³/mol. The largest absolute Gasteiger partial charge is 0.338 e. The van der Waals surface area contributed by atoms with Crippen molar-refractivity contribution in [2.45, 2.75) is 26.3 Å². The van der Waals surface area contributed by atoms with Gasteiger partial charge < -0.3 is 9.30 Å². The van der Waals surface area contributed by atoms with E-state index in [2.05, 4.69) is 0 Å². The SMILES string of the molecule is CCCN(Cc1ccc([N+](=O)[O-])cc1)C(=O)Cc1c(-c2ccc(Cl)cc2)nc2c(Cl)cc(Cl)cn12. The number of nitro groups is 1. The van der Waals surface area contributed by atoms with E-state index < -0.39 is 4.92 Å². The van der Waals surface area contributed by atoms with Gasteiger partial charge in [0.2, 0.25) is 5.91 Å². The summed E-state index contributed by atoms with van der Waals surface area (Å²) >= 11 is 18.8. The summed E-state index contributed by atoms with van der Waals surface area (Å²) in [7, 11) is 0. The summed E-state index contributed by atoms with van der Waals surface area (Å²) in [4.78, 5) is 30.5. The van der Waals surface area contributed by atoms with Crippen molar-refractivity contribution in [3.8, 4) is 11.3 Å². The molecule has 2 heterocycles. The van der Waals surface area contributed by atoms with Gasteiger partial charge in [-0.25, -0.2) is 4.98 Å². The molecular formula is C25H21Cl3N4O3. The fraction of sp³-hybridized carbons (Fsp3) is 0.200. The minimum absolute atomic E-state index is 0.00853. The number of benzene rings is 2. The highest BCUT2D eigenvalue weighted by atomic mass is 35.5. The van der Waals surface area contributed by atoms with Crippen molar-refractivity contribution in [1.29, 1.82) is 0 Å². The summed E-state index contributed by atoms with van der Waals surface area (Å²) in [5, 5.41) is 12.3. The average Bonchev–Trinajstić information content (AvgIpc) is 3.18. The van der Waals surface area contributed by atoms with Gasteiger partial charge in [0.15, 0.2) is 5.65 Å². The lowest BCUT2D eigenvalue weighted by atomic mass is 10.1. The number of pyridine rings is 1. The molecule has 0 bridgehead atoms. The van der Waals surface area contributed by atoms with Gasteiger partial charge in [0.05, 0.1) is 32.8 Å². The lowest BCUT2D eigenvalue weighted by molar-refractivity contribution is -0.384. The number of carbonyl (C=O) groups excluding carboxylic acids is 1. The number of fused-ring (bicyclic) bond motifs is 1. The monoisotopic (exact) mass is 530 g/mol. The number of hydrogen-bond donors (Lipinski definition) is 0. The van der Waals surface area contributed by atoms with Crippen molar-refractivity contribution in [2.75, 3.05) is 6.54 Å². The molecule has 0 radical (unpaired) electrons. The van der Waals surface area contributed by atoms with E-state index in [1.165, 1.54) is 12.1 Å². The Morgan fingerprint density at radius 1 is 1.06 bits per heavy atom. The molecule has 4 aromatic rings. The molecule has 35 heavy (non-hydrogen) atoms. The molecule has 2 aromatic heterocycles. The number of halogens is 3. The van der Waals surface area contributed by atoms with Gasteiger partial charge in [-0.2, -0.15) is 0 Å². The number of nitrogens with zero attached hydrogens (tertiary/aromatic N) is 4. The van der Waals surface area contributed by atoms with Crippen LogP contribution in [0.1, 0.15) is 24.6 Å². The van der Waals surface area contributed by atoms with Gasteiger partial charge in [-0.05, 0) is 30.2 Å². The van der Waals surface area contributed by atoms with Crippen LogP contribution in [0.25, 0.3) is 16.9 Å². The third kappa shape index (κ3) is 5.59. The summed E-state index contributed by atoms with van der Waals surface area (Å²) in [5.74, 6) is -0.113. The van der Waals surface area contributed by atoms with Crippen LogP contribution < -0.4 is 0 Å². The average molecular weight is 532 g/mol. The molecule has 1 amide bonds. The third-order valence-electron chi connectivity index (χ3n) is 5.54. The Balaban J connectivity index is 1.70. The molecule has 4 rings (SSSR count). The summed E-state index contributed by atoms with van der Waals surface area (Å²) in [5.41, 5.74) is 3.38. The van der Waals surface area contributed by atoms with Gasteiger partial charge in [-0.15, -0.1) is 0 Å². The molecule has 10 heteroatoms. The van der Waals surface area contributed by atoms with Gasteiger partial charge >= 0.3 is 0 Å². The Bertz CT molecular complexity index is 1390. The maximum Gasteiger partial charge on any atom is 0.269 e. The Labute approximate surface area is 217 Å². The van der Waals surface area contributed by atoms with E-state index in [0.29, 0.717) is 45.2 Å². The molecule has 0 unspecified atom stereocenters. The van der Waals surface area contributed by atoms with Gasteiger partial charge in [0.1, 0.15) is 0 Å². The summed E-state index contributed by atoms with van der Waals surface area (Å²) in [6.07, 6.45) is 2.51. The maximum atomic E-state index is 13.5. The molecule has 0 atom stereocenters. The lowest BCUT2D eigenvalue weighted by Crippen LogP contribution is -2.33. The molecule has 0 aliphatic carbocycles. The number of carbonyl (C=O) groups is 1. The molecule has 0 N–H and O–H groups in total. The van der Waals surface area contributed by atoms with E-state index in [4.69, 9.17) is 39.8 Å². The Morgan fingerprint density at radius 3 is 2.37 bits per heavy atom. The quantitative estimate of drug-likeness (QED) is 0.184. The first-order valence-electron chi connectivity index (χ1n) is 10.9. The van der Waals surface area contributed by atoms with E-state index in [1.807, 2.05) is 19.1 Å². The minimum Gasteiger partial charge on any atom is -0.338 e. The Hall–Kier alpha value is -3.13. The summed E-state index contributed by atoms with van der Waals surface area (Å²) < 4.78 is 1.75. The Morgan fingerprint density at radius 2 is 1.74 bits per heavy atom. The summed E-state index contributed by atoms with van der Waals surface area (Å²) in [6.45, 7) is 2.85. The number of nitro benzene ring substituents is 1. The second-order valence-electron chi connectivity index (χ2n) is 8.03. The van der Waals surface area contributed by atoms with Crippen molar-refractivity contribution < 1.29 is 9.72 Å². The smallest absolute Gasteiger partial charge is 0.269 e. The highest BCUT2D eigenvalue weighted by molar-refractivity contribution is 6.36. The molecule has 0 spiro atoms. The van der Waals surface area contributed by atoms with E-state index >= 15 is 0 Å². The van der Waals surface area contributed by atoms with Crippen LogP contribution in [-0.2, 0) is 17.8 Å². The maximum absolute atomic E-state index is 13.5. The fourth-order valence-corrected chi connectivity index (χ4v) is 4.53. The van der Waals surface area contributed by atoms with Crippen LogP contribution in [-0.4, -0.2) is 31.7 Å². The van der Waals surface area contributed by atoms with Crippen molar-refractivity contribution >= 4 is 52.0 Å². The fourth-order valence-electron chi connectivity index (χ4n) is 3.89. The second-order valence-corrected chi connectivity index (χ2v) is 9.31. The van der Waals surface area contributed by atoms with Gasteiger partial charge in [-0.1, -0.05) is 66.0 Å². The standard InChI is InChI=1S/C25H21Cl3N4O3/c1-2-11-30(14-16-3-9-20(10-4-16)32(34)35)23(33)13-22-24(17-5-7-18(26)8-6-17)29-25-21(28)12-19(27)15-31(22)25/h3-10,12,15H,2,11,13-14H2,1H3. The van der Waals surface area contributed by atoms with E-state index in [1.54, 1.807) is 45.8 Å². The molecule has 0 saturated carbocycles. The van der Waals surface area contributed by atoms with E-state index in [-0.39, 0.29) is 18.0 Å². The zero-order valence-electron chi connectivity index (χ0n) is 18.7. The van der Waals surface area contributed by atoms with Crippen molar-refractivity contribution in [3.63, 3.8) is 0 Å². The first-order chi connectivity index (χ1) is 16.8. The van der Waals surface area contributed by atoms with Crippen LogP contribution in [0.4, 0.5) is 5.69 Å². The molecule has 0 fully saturated rings. The van der Waals surface area contributed by atoms with E-state index in [9.17, 15) is 14.9 Å². The van der Waals surface area contributed by atoms with Crippen LogP contribution >= 0.6 is 34.8 Å². The number of hydrogen-bond acceptors (Lipinski definition) is 4. The molecule has 2 aromatic carbocycles. The van der Waals surface area contributed by atoms with Crippen LogP contribution in [0.2, 0.25) is 15.1 Å². The van der Waals surface area contributed by atoms with Crippen molar-refractivity contribution in [1.82, 2.24) is 14.3 Å². The van der Waals surface area contributed by atoms with Crippen molar-refractivity contribution in [3.05, 3.63) is 97.2 Å². The highest BCUT2D eigenvalue weighted by Crippen LogP contribution is 2.31. The number of amides is 1. The predicted octanol–water partition coefficient (Wildman–Crippen LogP) is 6.85. The topological polar surface area (TPSA) is 80.8 Å². The molecular weight excluding hydrogens is 511 g/mol. The minimum atomic E-state index is -0.446. The number of non-ortho nitro benzene ring substituents is 1. The van der Waals surface area contributed by atoms with Gasteiger partial charge in [-0.3, -0.25) is 14.9 Å². The highest BCUT2D eigenvalue weighted by Gasteiger charge is 2.22. The zero-order chi connectivity index (χ0) is 25.1. The number of imidazole rings is 1. The molecule has 0 aliphatic rings. The first-order valence-corrected chi connectivity index (χ1v) is 12.0. The van der Waals surface area contributed by atoms with Crippen LogP contribution in [0.3, 0.4) is 0 Å². The first kappa shape index (κ1) is 25.0. The zero-order valence-corrected chi connectivity index (χ0v) is 21.0. The molecule has 180 valence electrons. The van der Waals surface area contributed by atoms with Crippen molar-refractivity contribution in [2.24, 2.45) is 0 Å². The van der Waals surface area contributed by atoms with Crippen LogP contribution in [0, 0.1) is 10.1 Å². The number of rotatable bonds is 8. The molecule has 7 nitrogen and oxygen atoms in total. The summed E-state index contributed by atoms with van der Waals surface area (Å²) in [6, 6.07) is 15.0. The van der Waals surface area contributed by atoms with Crippen LogP contribution in [0.5, 0.6) is 0 Å². The normalized spacial score (nSPS) is 11.1. The molecule has 0 aliphatic heterocycles. The van der Waals surface area contributed by atoms with E-state index in [0.717, 1.165) is 17.5 Å². The number of aromatic nitrogens is 2. The van der Waals surface area contributed by atoms with Gasteiger partial charge in [0.25, 0.3) is 5.69 Å². The Kier molecular flexibility index (Phi) is 7.60.